The van der Waals surface area contributed by atoms with Crippen molar-refractivity contribution in [3.63, 3.8) is 0 Å². The van der Waals surface area contributed by atoms with Crippen LogP contribution in [0.3, 0.4) is 0 Å². The maximum absolute atomic E-state index is 13.5. The Morgan fingerprint density at radius 3 is 2.36 bits per heavy atom. The lowest BCUT2D eigenvalue weighted by Crippen LogP contribution is -2.38. The molecule has 0 aromatic heterocycles. The number of nitrogens with one attached hydrogen (secondary N) is 1. The normalized spacial score (nSPS) is 15.7. The first-order valence-electron chi connectivity index (χ1n) is 11.3. The lowest BCUT2D eigenvalue weighted by atomic mass is 9.80. The van der Waals surface area contributed by atoms with Crippen molar-refractivity contribution in [1.82, 2.24) is 5.32 Å². The molecule has 0 aliphatic carbocycles. The minimum atomic E-state index is -1.08. The third-order valence-electron chi connectivity index (χ3n) is 5.23. The first-order valence-corrected chi connectivity index (χ1v) is 11.8. The van der Waals surface area contributed by atoms with E-state index in [1.807, 2.05) is 6.92 Å². The first kappa shape index (κ1) is 29.2. The zero-order valence-electron chi connectivity index (χ0n) is 20.7. The predicted molar refractivity (Wildman–Crippen MR) is 130 cm³/mol. The van der Waals surface area contributed by atoms with Gasteiger partial charge in [-0.05, 0) is 18.9 Å². The highest BCUT2D eigenvalue weighted by molar-refractivity contribution is 6.18. The summed E-state index contributed by atoms with van der Waals surface area (Å²) >= 11 is 5.69. The van der Waals surface area contributed by atoms with E-state index in [9.17, 15) is 19.7 Å². The van der Waals surface area contributed by atoms with Crippen LogP contribution in [-0.4, -0.2) is 69.7 Å². The van der Waals surface area contributed by atoms with Gasteiger partial charge in [-0.2, -0.15) is 0 Å². The van der Waals surface area contributed by atoms with Crippen molar-refractivity contribution in [1.29, 1.82) is 0 Å². The minimum absolute atomic E-state index is 0.0110. The quantitative estimate of drug-likeness (QED) is 0.0960. The Bertz CT molecular complexity index is 1010. The number of nitro groups is 1. The van der Waals surface area contributed by atoms with Crippen LogP contribution >= 0.6 is 11.6 Å². The second-order valence-electron chi connectivity index (χ2n) is 7.65. The van der Waals surface area contributed by atoms with Crippen LogP contribution in [0.25, 0.3) is 0 Å². The highest BCUT2D eigenvalue weighted by Gasteiger charge is 2.41. The van der Waals surface area contributed by atoms with Crippen LogP contribution in [0.5, 0.6) is 0 Å². The molecule has 2 rings (SSSR count). The van der Waals surface area contributed by atoms with Crippen LogP contribution in [0.4, 0.5) is 5.69 Å². The molecule has 198 valence electrons. The predicted octanol–water partition coefficient (Wildman–Crippen LogP) is 3.18. The second-order valence-corrected chi connectivity index (χ2v) is 8.03. The third kappa shape index (κ3) is 7.26. The number of esters is 2. The fraction of sp³-hybridized carbons (Fsp3) is 0.500. The molecule has 1 heterocycles. The van der Waals surface area contributed by atoms with Gasteiger partial charge in [-0.1, -0.05) is 19.1 Å². The third-order valence-corrected chi connectivity index (χ3v) is 5.39. The molecule has 0 amide bonds. The van der Waals surface area contributed by atoms with Crippen molar-refractivity contribution < 1.29 is 38.2 Å². The molecule has 1 atom stereocenters. The average molecular weight is 527 g/mol. The molecular formula is C24H31ClN2O9. The van der Waals surface area contributed by atoms with Gasteiger partial charge in [0, 0.05) is 38.7 Å². The van der Waals surface area contributed by atoms with E-state index < -0.39 is 29.1 Å². The fourth-order valence-corrected chi connectivity index (χ4v) is 3.82. The zero-order valence-corrected chi connectivity index (χ0v) is 21.5. The number of nitro benzene ring substituents is 1. The Labute approximate surface area is 214 Å². The summed E-state index contributed by atoms with van der Waals surface area (Å²) in [6.45, 7) is 4.14. The number of carbonyl (C=O) groups is 2. The molecule has 1 N–H and O–H groups in total. The smallest absolute Gasteiger partial charge is 0.337 e. The van der Waals surface area contributed by atoms with Crippen LogP contribution in [0, 0.1) is 10.1 Å². The van der Waals surface area contributed by atoms with E-state index in [4.69, 9.17) is 35.3 Å². The van der Waals surface area contributed by atoms with Gasteiger partial charge in [0.15, 0.2) is 6.29 Å². The molecule has 0 saturated heterocycles. The van der Waals surface area contributed by atoms with Crippen molar-refractivity contribution in [2.75, 3.05) is 46.5 Å². The number of benzene rings is 1. The van der Waals surface area contributed by atoms with Crippen molar-refractivity contribution in [2.45, 2.75) is 32.5 Å². The van der Waals surface area contributed by atoms with Gasteiger partial charge in [-0.25, -0.2) is 9.59 Å². The number of halogens is 1. The average Bonchev–Trinajstić information content (AvgIpc) is 2.87. The standard InChI is InChI=1S/C24H31ClN2O9/c1-5-10-34-12-13-36-23(29)20-19(16-7-6-8-17(14-16)27(30)31)18(22(28)35-11-9-25)15(2)26-21(20)24(32-3)33-4/h6-8,14,19,24,26H,5,9-13H2,1-4H3. The number of methoxy groups -OCH3 is 2. The topological polar surface area (TPSA) is 135 Å². The van der Waals surface area contributed by atoms with Crippen LogP contribution < -0.4 is 5.32 Å². The summed E-state index contributed by atoms with van der Waals surface area (Å²) in [5, 5.41) is 14.5. The van der Waals surface area contributed by atoms with Gasteiger partial charge in [0.05, 0.1) is 40.2 Å². The van der Waals surface area contributed by atoms with E-state index in [0.717, 1.165) is 6.42 Å². The van der Waals surface area contributed by atoms with Gasteiger partial charge < -0.3 is 29.0 Å². The number of allylic oxidation sites excluding steroid dienone is 1. The van der Waals surface area contributed by atoms with E-state index in [-0.39, 0.29) is 48.2 Å². The van der Waals surface area contributed by atoms with E-state index in [2.05, 4.69) is 5.32 Å². The number of hydrogen-bond donors (Lipinski definition) is 1. The van der Waals surface area contributed by atoms with Gasteiger partial charge in [0.2, 0.25) is 0 Å². The monoisotopic (exact) mass is 526 g/mol. The van der Waals surface area contributed by atoms with Crippen molar-refractivity contribution >= 4 is 29.2 Å². The van der Waals surface area contributed by atoms with E-state index in [1.165, 1.54) is 32.4 Å². The number of nitrogens with zero attached hydrogens (tertiary/aromatic N) is 1. The van der Waals surface area contributed by atoms with Crippen molar-refractivity contribution in [3.8, 4) is 0 Å². The molecule has 1 aliphatic heterocycles. The molecule has 0 bridgehead atoms. The Balaban J connectivity index is 2.67. The lowest BCUT2D eigenvalue weighted by Gasteiger charge is -2.33. The Hall–Kier alpha value is -2.99. The summed E-state index contributed by atoms with van der Waals surface area (Å²) in [5.74, 6) is -2.53. The fourth-order valence-electron chi connectivity index (χ4n) is 3.75. The first-order chi connectivity index (χ1) is 17.3. The van der Waals surface area contributed by atoms with E-state index >= 15 is 0 Å². The van der Waals surface area contributed by atoms with Gasteiger partial charge >= 0.3 is 11.9 Å². The summed E-state index contributed by atoms with van der Waals surface area (Å²) < 4.78 is 26.9. The van der Waals surface area contributed by atoms with Crippen molar-refractivity contribution in [3.05, 3.63) is 62.5 Å². The zero-order chi connectivity index (χ0) is 26.7. The largest absolute Gasteiger partial charge is 0.461 e. The van der Waals surface area contributed by atoms with Crippen molar-refractivity contribution in [2.24, 2.45) is 0 Å². The molecule has 12 heteroatoms. The Morgan fingerprint density at radius 1 is 1.08 bits per heavy atom. The number of carbonyl (C=O) groups excluding carboxylic acids is 2. The van der Waals surface area contributed by atoms with E-state index in [0.29, 0.717) is 17.9 Å². The number of non-ortho nitro benzene ring substituents is 1. The second kappa shape index (κ2) is 14.5. The number of alkyl halides is 1. The number of dihydropyridines is 1. The Morgan fingerprint density at radius 2 is 1.75 bits per heavy atom. The van der Waals surface area contributed by atoms with Gasteiger partial charge in [0.25, 0.3) is 5.69 Å². The maximum atomic E-state index is 13.5. The molecule has 1 aliphatic rings. The minimum Gasteiger partial charge on any atom is -0.461 e. The molecule has 11 nitrogen and oxygen atoms in total. The van der Waals surface area contributed by atoms with Crippen LogP contribution in [0.15, 0.2) is 46.8 Å². The maximum Gasteiger partial charge on any atom is 0.337 e. The van der Waals surface area contributed by atoms with Gasteiger partial charge in [-0.3, -0.25) is 10.1 Å². The summed E-state index contributed by atoms with van der Waals surface area (Å²) in [7, 11) is 2.77. The molecule has 36 heavy (non-hydrogen) atoms. The molecule has 0 radical (unpaired) electrons. The molecule has 1 unspecified atom stereocenters. The Kier molecular flexibility index (Phi) is 11.8. The molecule has 1 aromatic rings. The summed E-state index contributed by atoms with van der Waals surface area (Å²) in [5.41, 5.74) is 0.702. The number of rotatable bonds is 14. The highest BCUT2D eigenvalue weighted by atomic mass is 35.5. The van der Waals surface area contributed by atoms with Crippen LogP contribution in [-0.2, 0) is 33.3 Å². The molecular weight excluding hydrogens is 496 g/mol. The summed E-state index contributed by atoms with van der Waals surface area (Å²) in [4.78, 5) is 37.5. The van der Waals surface area contributed by atoms with Crippen LogP contribution in [0.1, 0.15) is 31.7 Å². The van der Waals surface area contributed by atoms with Crippen LogP contribution in [0.2, 0.25) is 0 Å². The molecule has 1 aromatic carbocycles. The summed E-state index contributed by atoms with van der Waals surface area (Å²) in [6, 6.07) is 5.66. The molecule has 0 saturated carbocycles. The summed E-state index contributed by atoms with van der Waals surface area (Å²) in [6.07, 6.45) is -0.219. The highest BCUT2D eigenvalue weighted by Crippen LogP contribution is 2.41. The van der Waals surface area contributed by atoms with Gasteiger partial charge in [-0.15, -0.1) is 11.6 Å². The lowest BCUT2D eigenvalue weighted by molar-refractivity contribution is -0.384. The molecule has 0 spiro atoms. The van der Waals surface area contributed by atoms with Gasteiger partial charge in [0.1, 0.15) is 13.2 Å². The number of ether oxygens (including phenoxy) is 5. The van der Waals surface area contributed by atoms with E-state index in [1.54, 1.807) is 13.0 Å². The SMILES string of the molecule is CCCOCCOC(=O)C1=C(C(OC)OC)NC(C)=C(C(=O)OCCCl)C1c1cccc([N+](=O)[O-])c1. The number of hydrogen-bond acceptors (Lipinski definition) is 10. The molecule has 0 fully saturated rings.